The Bertz CT molecular complexity index is 942. The maximum atomic E-state index is 12.9. The molecular formula is C44H80O3S2. The van der Waals surface area contributed by atoms with Gasteiger partial charge in [0.25, 0.3) is 0 Å². The maximum Gasteiger partial charge on any atom is 0.307 e. The Kier molecular flexibility index (Phi) is 25.4. The summed E-state index contributed by atoms with van der Waals surface area (Å²) in [4.78, 5) is 12.9. The third kappa shape index (κ3) is 21.3. The zero-order chi connectivity index (χ0) is 36.5. The highest BCUT2D eigenvalue weighted by molar-refractivity contribution is 8.00. The molecule has 1 aromatic rings. The summed E-state index contributed by atoms with van der Waals surface area (Å²) in [7, 11) is 0. The van der Waals surface area contributed by atoms with E-state index in [-0.39, 0.29) is 16.1 Å². The van der Waals surface area contributed by atoms with E-state index in [4.69, 9.17) is 0 Å². The first-order chi connectivity index (χ1) is 23.3. The number of phenolic OH excluding ortho intramolecular Hbond substituents is 1. The van der Waals surface area contributed by atoms with E-state index in [0.717, 1.165) is 34.6 Å². The zero-order valence-corrected chi connectivity index (χ0v) is 35.2. The molecule has 0 fully saturated rings. The summed E-state index contributed by atoms with van der Waals surface area (Å²) in [6.45, 7) is 17.3. The number of phenols is 1. The fraction of sp³-hybridized carbons (Fsp3) is 0.841. The van der Waals surface area contributed by atoms with E-state index >= 15 is 0 Å². The largest absolute Gasteiger partial charge is 0.507 e. The average Bonchev–Trinajstić information content (AvgIpc) is 3.03. The lowest BCUT2D eigenvalue weighted by molar-refractivity contribution is -0.141. The molecule has 0 heterocycles. The molecule has 0 aliphatic rings. The molecule has 0 saturated carbocycles. The molecule has 0 aromatic heterocycles. The van der Waals surface area contributed by atoms with Crippen molar-refractivity contribution in [2.75, 3.05) is 17.3 Å². The molecule has 0 amide bonds. The maximum absolute atomic E-state index is 12.9. The van der Waals surface area contributed by atoms with Crippen molar-refractivity contribution < 1.29 is 15.0 Å². The molecule has 0 bridgehead atoms. The standard InChI is InChI=1S/C44H80O3S2/c1-9-11-13-15-17-19-21-23-25-27-30-48-32-29-40(49-31-28-26-24-22-20-18-16-14-12-10-2)37(42(46)47)33-36-34-38(43(3,4)5)41(45)39(35-36)44(6,7)8/h34-35,37,40,45H,9-33H2,1-8H3,(H,46,47). The van der Waals surface area contributed by atoms with Crippen LogP contribution < -0.4 is 0 Å². The summed E-state index contributed by atoms with van der Waals surface area (Å²) in [6, 6.07) is 4.18. The quantitative estimate of drug-likeness (QED) is 0.0775. The first kappa shape index (κ1) is 46.2. The summed E-state index contributed by atoms with van der Waals surface area (Å²) >= 11 is 3.95. The minimum absolute atomic E-state index is 0.0984. The van der Waals surface area contributed by atoms with Crippen molar-refractivity contribution in [2.45, 2.75) is 213 Å². The number of thioether (sulfide) groups is 2. The van der Waals surface area contributed by atoms with Gasteiger partial charge in [0.1, 0.15) is 5.75 Å². The first-order valence-corrected chi connectivity index (χ1v) is 22.8. The van der Waals surface area contributed by atoms with Crippen LogP contribution in [0.1, 0.15) is 207 Å². The average molecular weight is 721 g/mol. The highest BCUT2D eigenvalue weighted by Crippen LogP contribution is 2.41. The number of aromatic hydroxyl groups is 1. The molecule has 2 unspecified atom stereocenters. The molecule has 286 valence electrons. The third-order valence-corrected chi connectivity index (χ3v) is 12.6. The van der Waals surface area contributed by atoms with E-state index in [1.54, 1.807) is 0 Å². The Morgan fingerprint density at radius 2 is 1.00 bits per heavy atom. The number of carboxylic acid groups (broad SMARTS) is 1. The molecule has 3 nitrogen and oxygen atoms in total. The molecule has 49 heavy (non-hydrogen) atoms. The number of carbonyl (C=O) groups is 1. The number of rotatable bonds is 30. The lowest BCUT2D eigenvalue weighted by Gasteiger charge is -2.29. The van der Waals surface area contributed by atoms with Gasteiger partial charge in [0, 0.05) is 5.25 Å². The highest BCUT2D eigenvalue weighted by atomic mass is 32.2. The molecule has 2 atom stereocenters. The lowest BCUT2D eigenvalue weighted by Crippen LogP contribution is -2.29. The number of carboxylic acids is 1. The van der Waals surface area contributed by atoms with Crippen molar-refractivity contribution in [1.82, 2.24) is 0 Å². The normalized spacial score (nSPS) is 13.6. The number of hydrogen-bond donors (Lipinski definition) is 2. The van der Waals surface area contributed by atoms with E-state index in [1.807, 2.05) is 23.5 Å². The van der Waals surface area contributed by atoms with Crippen LogP contribution >= 0.6 is 23.5 Å². The monoisotopic (exact) mass is 721 g/mol. The summed E-state index contributed by atoms with van der Waals surface area (Å²) in [6.07, 6.45) is 28.3. The Labute approximate surface area is 313 Å². The van der Waals surface area contributed by atoms with E-state index in [2.05, 4.69) is 67.5 Å². The topological polar surface area (TPSA) is 57.5 Å². The Morgan fingerprint density at radius 1 is 0.612 bits per heavy atom. The van der Waals surface area contributed by atoms with Gasteiger partial charge in [-0.25, -0.2) is 0 Å². The Balaban J connectivity index is 2.80. The fourth-order valence-corrected chi connectivity index (χ4v) is 9.39. The van der Waals surface area contributed by atoms with Crippen molar-refractivity contribution in [3.8, 4) is 5.75 Å². The van der Waals surface area contributed by atoms with Gasteiger partial charge in [-0.1, -0.05) is 183 Å². The zero-order valence-electron chi connectivity index (χ0n) is 33.6. The molecule has 0 aliphatic carbocycles. The highest BCUT2D eigenvalue weighted by Gasteiger charge is 2.31. The van der Waals surface area contributed by atoms with Crippen LogP contribution in [-0.2, 0) is 22.0 Å². The van der Waals surface area contributed by atoms with E-state index < -0.39 is 11.9 Å². The van der Waals surface area contributed by atoms with Crippen LogP contribution in [0.4, 0.5) is 0 Å². The smallest absolute Gasteiger partial charge is 0.307 e. The van der Waals surface area contributed by atoms with Gasteiger partial charge in [0.2, 0.25) is 0 Å². The van der Waals surface area contributed by atoms with Gasteiger partial charge in [-0.2, -0.15) is 23.5 Å². The second kappa shape index (κ2) is 26.9. The minimum Gasteiger partial charge on any atom is -0.507 e. The van der Waals surface area contributed by atoms with E-state index in [9.17, 15) is 15.0 Å². The molecule has 1 aromatic carbocycles. The van der Waals surface area contributed by atoms with E-state index in [1.165, 1.54) is 134 Å². The second-order valence-electron chi connectivity index (χ2n) is 16.9. The summed E-state index contributed by atoms with van der Waals surface area (Å²) in [5, 5.41) is 22.0. The first-order valence-electron chi connectivity index (χ1n) is 20.6. The van der Waals surface area contributed by atoms with Crippen LogP contribution in [0.15, 0.2) is 12.1 Å². The number of unbranched alkanes of at least 4 members (excludes halogenated alkanes) is 18. The van der Waals surface area contributed by atoms with Crippen molar-refractivity contribution >= 4 is 29.5 Å². The van der Waals surface area contributed by atoms with Gasteiger partial charge >= 0.3 is 5.97 Å². The van der Waals surface area contributed by atoms with E-state index in [0.29, 0.717) is 12.2 Å². The molecule has 0 saturated heterocycles. The van der Waals surface area contributed by atoms with Gasteiger partial charge < -0.3 is 10.2 Å². The predicted octanol–water partition coefficient (Wildman–Crippen LogP) is 14.3. The van der Waals surface area contributed by atoms with Gasteiger partial charge in [0.15, 0.2) is 0 Å². The Morgan fingerprint density at radius 3 is 1.39 bits per heavy atom. The third-order valence-electron chi connectivity index (χ3n) is 10.0. The van der Waals surface area contributed by atoms with Gasteiger partial charge in [-0.05, 0) is 70.5 Å². The summed E-state index contributed by atoms with van der Waals surface area (Å²) < 4.78 is 0. The van der Waals surface area contributed by atoms with Crippen molar-refractivity contribution in [3.63, 3.8) is 0 Å². The van der Waals surface area contributed by atoms with Crippen LogP contribution in [-0.4, -0.2) is 38.7 Å². The number of hydrogen-bond acceptors (Lipinski definition) is 4. The van der Waals surface area contributed by atoms with Crippen LogP contribution in [0.5, 0.6) is 5.75 Å². The van der Waals surface area contributed by atoms with Crippen LogP contribution in [0.3, 0.4) is 0 Å². The number of benzene rings is 1. The molecule has 5 heteroatoms. The molecule has 0 aliphatic heterocycles. The summed E-state index contributed by atoms with van der Waals surface area (Å²) in [5.74, 6) is 2.52. The molecular weight excluding hydrogens is 641 g/mol. The molecule has 2 N–H and O–H groups in total. The Hall–Kier alpha value is -0.810. The van der Waals surface area contributed by atoms with Gasteiger partial charge in [0.05, 0.1) is 5.92 Å². The fourth-order valence-electron chi connectivity index (χ4n) is 6.81. The van der Waals surface area contributed by atoms with Crippen molar-refractivity contribution in [2.24, 2.45) is 5.92 Å². The van der Waals surface area contributed by atoms with Crippen LogP contribution in [0, 0.1) is 5.92 Å². The predicted molar refractivity (Wildman–Crippen MR) is 222 cm³/mol. The SMILES string of the molecule is CCCCCCCCCCCCSCCC(SCCCCCCCCCCCC)C(Cc1cc(C(C)(C)C)c(O)c(C(C)(C)C)c1)C(=O)O. The van der Waals surface area contributed by atoms with Crippen molar-refractivity contribution in [3.05, 3.63) is 28.8 Å². The number of aliphatic carboxylic acids is 1. The van der Waals surface area contributed by atoms with Crippen LogP contribution in [0.2, 0.25) is 0 Å². The second-order valence-corrected chi connectivity index (χ2v) is 19.4. The molecule has 0 spiro atoms. The summed E-state index contributed by atoms with van der Waals surface area (Å²) in [5.41, 5.74) is 2.42. The molecule has 1 rings (SSSR count). The van der Waals surface area contributed by atoms with Gasteiger partial charge in [-0.15, -0.1) is 0 Å². The minimum atomic E-state index is -0.678. The van der Waals surface area contributed by atoms with Crippen molar-refractivity contribution in [1.29, 1.82) is 0 Å². The van der Waals surface area contributed by atoms with Gasteiger partial charge in [-0.3, -0.25) is 4.79 Å². The van der Waals surface area contributed by atoms with Crippen LogP contribution in [0.25, 0.3) is 0 Å². The molecule has 0 radical (unpaired) electrons. The lowest BCUT2D eigenvalue weighted by atomic mass is 9.77.